The summed E-state index contributed by atoms with van der Waals surface area (Å²) in [6, 6.07) is 1.71. The van der Waals surface area contributed by atoms with Gasteiger partial charge in [-0.05, 0) is 18.1 Å². The first-order valence-electron chi connectivity index (χ1n) is 4.68. The van der Waals surface area contributed by atoms with Crippen molar-refractivity contribution in [2.45, 2.75) is 13.3 Å². The highest BCUT2D eigenvalue weighted by atomic mass is 16.2. The van der Waals surface area contributed by atoms with Crippen molar-refractivity contribution in [3.8, 4) is 0 Å². The Labute approximate surface area is 87.2 Å². The maximum atomic E-state index is 11.7. The molecule has 0 aromatic carbocycles. The van der Waals surface area contributed by atoms with Crippen LogP contribution in [0.4, 0.5) is 0 Å². The van der Waals surface area contributed by atoms with Gasteiger partial charge in [0, 0.05) is 12.4 Å². The second-order valence-corrected chi connectivity index (χ2v) is 3.26. The van der Waals surface area contributed by atoms with Crippen LogP contribution in [-0.2, 0) is 6.42 Å². The molecule has 0 unspecified atom stereocenters. The lowest BCUT2D eigenvalue weighted by Crippen LogP contribution is -2.23. The van der Waals surface area contributed by atoms with Crippen LogP contribution in [0.5, 0.6) is 0 Å². The van der Waals surface area contributed by atoms with Crippen molar-refractivity contribution in [2.24, 2.45) is 0 Å². The van der Waals surface area contributed by atoms with Gasteiger partial charge in [-0.2, -0.15) is 0 Å². The summed E-state index contributed by atoms with van der Waals surface area (Å²) in [5.74, 6) is -0.736. The van der Waals surface area contributed by atoms with Gasteiger partial charge in [-0.1, -0.05) is 13.5 Å². The normalized spacial score (nSPS) is 14.3. The molecule has 4 heteroatoms. The quantitative estimate of drug-likeness (QED) is 0.681. The Bertz CT molecular complexity index is 466. The van der Waals surface area contributed by atoms with E-state index in [0.29, 0.717) is 5.56 Å². The first-order valence-corrected chi connectivity index (χ1v) is 4.68. The Hall–Kier alpha value is -1.97. The molecular formula is C11H10N2O2. The molecule has 0 aliphatic carbocycles. The molecule has 1 aromatic heterocycles. The number of nitrogens with zero attached hydrogens (tertiary/aromatic N) is 2. The lowest BCUT2D eigenvalue weighted by atomic mass is 10.1. The molecular weight excluding hydrogens is 192 g/mol. The number of pyridine rings is 1. The number of hydrogen-bond acceptors (Lipinski definition) is 3. The molecule has 4 nitrogen and oxygen atoms in total. The van der Waals surface area contributed by atoms with Crippen LogP contribution < -0.4 is 0 Å². The second kappa shape index (κ2) is 3.31. The Kier molecular flexibility index (Phi) is 2.11. The lowest BCUT2D eigenvalue weighted by Gasteiger charge is -2.03. The second-order valence-electron chi connectivity index (χ2n) is 3.26. The minimum Gasteiger partial charge on any atom is -0.268 e. The summed E-state index contributed by atoms with van der Waals surface area (Å²) in [5.41, 5.74) is 1.54. The Balaban J connectivity index is 2.57. The number of hydrogen-bond donors (Lipinski definition) is 0. The summed E-state index contributed by atoms with van der Waals surface area (Å²) < 4.78 is 0. The summed E-state index contributed by atoms with van der Waals surface area (Å²) in [4.78, 5) is 28.3. The van der Waals surface area contributed by atoms with E-state index in [1.165, 1.54) is 6.20 Å². The number of amides is 2. The molecule has 0 saturated heterocycles. The summed E-state index contributed by atoms with van der Waals surface area (Å²) in [6.45, 7) is 5.39. The third kappa shape index (κ3) is 1.26. The summed E-state index contributed by atoms with van der Waals surface area (Å²) >= 11 is 0. The van der Waals surface area contributed by atoms with Crippen molar-refractivity contribution >= 4 is 11.8 Å². The average Bonchev–Trinajstić information content (AvgIpc) is 2.51. The third-order valence-electron chi connectivity index (χ3n) is 2.41. The average molecular weight is 202 g/mol. The van der Waals surface area contributed by atoms with Crippen molar-refractivity contribution in [2.75, 3.05) is 0 Å². The monoisotopic (exact) mass is 202 g/mol. The van der Waals surface area contributed by atoms with Gasteiger partial charge in [0.25, 0.3) is 11.8 Å². The van der Waals surface area contributed by atoms with Gasteiger partial charge in [0.2, 0.25) is 0 Å². The van der Waals surface area contributed by atoms with E-state index in [0.717, 1.165) is 16.9 Å². The predicted molar refractivity (Wildman–Crippen MR) is 54.3 cm³/mol. The fourth-order valence-electron chi connectivity index (χ4n) is 1.54. The number of carbonyl (C=O) groups excluding carboxylic acids is 2. The molecule has 15 heavy (non-hydrogen) atoms. The maximum absolute atomic E-state index is 11.7. The van der Waals surface area contributed by atoms with Gasteiger partial charge < -0.3 is 0 Å². The zero-order valence-electron chi connectivity index (χ0n) is 8.36. The van der Waals surface area contributed by atoms with E-state index in [2.05, 4.69) is 11.6 Å². The highest BCUT2D eigenvalue weighted by Crippen LogP contribution is 2.21. The fraction of sp³-hybridized carbons (Fsp3) is 0.182. The molecule has 0 N–H and O–H groups in total. The lowest BCUT2D eigenvalue weighted by molar-refractivity contribution is 0.0720. The number of aromatic nitrogens is 1. The van der Waals surface area contributed by atoms with E-state index in [1.807, 2.05) is 6.92 Å². The van der Waals surface area contributed by atoms with E-state index in [1.54, 1.807) is 12.3 Å². The highest BCUT2D eigenvalue weighted by Gasteiger charge is 2.35. The maximum Gasteiger partial charge on any atom is 0.284 e. The number of rotatable bonds is 2. The van der Waals surface area contributed by atoms with E-state index in [9.17, 15) is 9.59 Å². The van der Waals surface area contributed by atoms with Crippen molar-refractivity contribution < 1.29 is 9.59 Å². The molecule has 2 rings (SSSR count). The van der Waals surface area contributed by atoms with Gasteiger partial charge in [0.1, 0.15) is 5.69 Å². The SMILES string of the molecule is C=CN1C(=O)c2cc(CC)cnc2C1=O. The number of imide groups is 1. The van der Waals surface area contributed by atoms with Gasteiger partial charge in [-0.25, -0.2) is 9.88 Å². The molecule has 0 radical (unpaired) electrons. The molecule has 1 aliphatic rings. The summed E-state index contributed by atoms with van der Waals surface area (Å²) in [6.07, 6.45) is 3.63. The number of aryl methyl sites for hydroxylation is 1. The molecule has 76 valence electrons. The van der Waals surface area contributed by atoms with Crippen LogP contribution in [-0.4, -0.2) is 21.7 Å². The van der Waals surface area contributed by atoms with Crippen LogP contribution in [0.15, 0.2) is 25.0 Å². The van der Waals surface area contributed by atoms with E-state index in [4.69, 9.17) is 0 Å². The van der Waals surface area contributed by atoms with E-state index < -0.39 is 5.91 Å². The van der Waals surface area contributed by atoms with Crippen molar-refractivity contribution in [3.63, 3.8) is 0 Å². The highest BCUT2D eigenvalue weighted by molar-refractivity contribution is 6.21. The van der Waals surface area contributed by atoms with Gasteiger partial charge in [0.05, 0.1) is 5.56 Å². The van der Waals surface area contributed by atoms with Crippen LogP contribution in [0.2, 0.25) is 0 Å². The Morgan fingerprint density at radius 3 is 2.80 bits per heavy atom. The minimum atomic E-state index is -0.396. The molecule has 2 heterocycles. The summed E-state index contributed by atoms with van der Waals surface area (Å²) in [7, 11) is 0. The zero-order valence-corrected chi connectivity index (χ0v) is 8.36. The minimum absolute atomic E-state index is 0.220. The molecule has 0 spiro atoms. The molecule has 0 atom stereocenters. The van der Waals surface area contributed by atoms with Gasteiger partial charge in [0.15, 0.2) is 0 Å². The molecule has 0 saturated carbocycles. The molecule has 0 fully saturated rings. The topological polar surface area (TPSA) is 50.3 Å². The molecule has 1 aromatic rings. The number of fused-ring (bicyclic) bond motifs is 1. The largest absolute Gasteiger partial charge is 0.284 e. The third-order valence-corrected chi connectivity index (χ3v) is 2.41. The first-order chi connectivity index (χ1) is 7.19. The van der Waals surface area contributed by atoms with Crippen LogP contribution in [0.25, 0.3) is 0 Å². The van der Waals surface area contributed by atoms with E-state index in [-0.39, 0.29) is 11.6 Å². The number of carbonyl (C=O) groups is 2. The molecule has 1 aliphatic heterocycles. The summed E-state index contributed by atoms with van der Waals surface area (Å²) in [5, 5.41) is 0. The smallest absolute Gasteiger partial charge is 0.268 e. The van der Waals surface area contributed by atoms with Gasteiger partial charge >= 0.3 is 0 Å². The van der Waals surface area contributed by atoms with Crippen molar-refractivity contribution in [3.05, 3.63) is 41.9 Å². The molecule has 0 bridgehead atoms. The fourth-order valence-corrected chi connectivity index (χ4v) is 1.54. The predicted octanol–water partition coefficient (Wildman–Crippen LogP) is 1.38. The standard InChI is InChI=1S/C11H10N2O2/c1-3-7-5-8-9(12-6-7)11(15)13(4-2)10(8)14/h4-6H,2-3H2,1H3. The van der Waals surface area contributed by atoms with Crippen molar-refractivity contribution in [1.82, 2.24) is 9.88 Å². The Morgan fingerprint density at radius 1 is 1.47 bits per heavy atom. The molecule has 2 amide bonds. The zero-order chi connectivity index (χ0) is 11.0. The van der Waals surface area contributed by atoms with Gasteiger partial charge in [-0.3, -0.25) is 9.59 Å². The van der Waals surface area contributed by atoms with Crippen molar-refractivity contribution in [1.29, 1.82) is 0 Å². The van der Waals surface area contributed by atoms with Crippen LogP contribution in [0.3, 0.4) is 0 Å². The van der Waals surface area contributed by atoms with Crippen LogP contribution in [0.1, 0.15) is 33.3 Å². The Morgan fingerprint density at radius 2 is 2.20 bits per heavy atom. The van der Waals surface area contributed by atoms with Gasteiger partial charge in [-0.15, -0.1) is 0 Å². The first kappa shape index (κ1) is 9.58. The van der Waals surface area contributed by atoms with E-state index >= 15 is 0 Å². The van der Waals surface area contributed by atoms with Crippen LogP contribution >= 0.6 is 0 Å². The van der Waals surface area contributed by atoms with Crippen LogP contribution in [0, 0.1) is 0 Å².